The third-order valence-corrected chi connectivity index (χ3v) is 3.87. The van der Waals surface area contributed by atoms with Gasteiger partial charge in [-0.25, -0.2) is 0 Å². The number of hydrogen-bond donors (Lipinski definition) is 0. The molecule has 0 saturated carbocycles. The Balaban J connectivity index is 1.94. The molecule has 0 spiro atoms. The first-order valence-corrected chi connectivity index (χ1v) is 7.33. The number of ether oxygens (including phenoxy) is 4. The summed E-state index contributed by atoms with van der Waals surface area (Å²) >= 11 is 0. The van der Waals surface area contributed by atoms with Crippen LogP contribution in [-0.2, 0) is 9.47 Å². The van der Waals surface area contributed by atoms with E-state index in [9.17, 15) is 0 Å². The molecule has 0 aliphatic carbocycles. The number of methoxy groups -OCH3 is 2. The van der Waals surface area contributed by atoms with E-state index >= 15 is 0 Å². The van der Waals surface area contributed by atoms with Gasteiger partial charge in [0.15, 0.2) is 6.29 Å². The molecule has 0 unspecified atom stereocenters. The molecule has 1 heterocycles. The Hall–Kier alpha value is -2.04. The molecule has 116 valence electrons. The molecule has 4 heteroatoms. The van der Waals surface area contributed by atoms with Gasteiger partial charge in [-0.3, -0.25) is 0 Å². The third-order valence-electron chi connectivity index (χ3n) is 3.87. The van der Waals surface area contributed by atoms with Crippen molar-refractivity contribution in [3.05, 3.63) is 59.7 Å². The molecule has 0 bridgehead atoms. The van der Waals surface area contributed by atoms with E-state index in [-0.39, 0.29) is 12.2 Å². The smallest absolute Gasteiger partial charge is 0.168 e. The molecule has 1 aliphatic heterocycles. The highest BCUT2D eigenvalue weighted by Gasteiger charge is 2.29. The van der Waals surface area contributed by atoms with Crippen LogP contribution in [0, 0.1) is 0 Å². The summed E-state index contributed by atoms with van der Waals surface area (Å²) in [6, 6.07) is 16.1. The highest BCUT2D eigenvalue weighted by molar-refractivity contribution is 5.39. The zero-order valence-corrected chi connectivity index (χ0v) is 12.8. The lowest BCUT2D eigenvalue weighted by Gasteiger charge is -2.23. The average Bonchev–Trinajstić information content (AvgIpc) is 3.10. The lowest BCUT2D eigenvalue weighted by Crippen LogP contribution is -2.20. The zero-order valence-electron chi connectivity index (χ0n) is 12.8. The van der Waals surface area contributed by atoms with Gasteiger partial charge in [-0.1, -0.05) is 24.3 Å². The van der Waals surface area contributed by atoms with Crippen molar-refractivity contribution in [2.75, 3.05) is 27.4 Å². The fourth-order valence-electron chi connectivity index (χ4n) is 2.70. The average molecular weight is 300 g/mol. The van der Waals surface area contributed by atoms with Crippen molar-refractivity contribution in [1.82, 2.24) is 0 Å². The summed E-state index contributed by atoms with van der Waals surface area (Å²) in [6.07, 6.45) is -0.262. The van der Waals surface area contributed by atoms with Crippen LogP contribution >= 0.6 is 0 Å². The first-order valence-electron chi connectivity index (χ1n) is 7.33. The summed E-state index contributed by atoms with van der Waals surface area (Å²) < 4.78 is 22.0. The SMILES string of the molecule is COc1ccc(C(c2ccc(OC)cc2)C2OCCO2)cc1. The summed E-state index contributed by atoms with van der Waals surface area (Å²) in [5, 5.41) is 0. The highest BCUT2D eigenvalue weighted by Crippen LogP contribution is 2.34. The second-order valence-electron chi connectivity index (χ2n) is 5.13. The molecule has 0 aromatic heterocycles. The normalized spacial score (nSPS) is 15.2. The Morgan fingerprint density at radius 3 is 1.55 bits per heavy atom. The van der Waals surface area contributed by atoms with Gasteiger partial charge >= 0.3 is 0 Å². The minimum atomic E-state index is -0.262. The Morgan fingerprint density at radius 1 is 0.773 bits per heavy atom. The maximum absolute atomic E-state index is 5.75. The first-order chi connectivity index (χ1) is 10.8. The van der Waals surface area contributed by atoms with Crippen molar-refractivity contribution in [1.29, 1.82) is 0 Å². The molecule has 1 fully saturated rings. The van der Waals surface area contributed by atoms with Crippen molar-refractivity contribution < 1.29 is 18.9 Å². The molecule has 0 atom stereocenters. The second-order valence-corrected chi connectivity index (χ2v) is 5.13. The van der Waals surface area contributed by atoms with Crippen LogP contribution in [-0.4, -0.2) is 33.7 Å². The minimum absolute atomic E-state index is 0.0271. The lowest BCUT2D eigenvalue weighted by molar-refractivity contribution is -0.0524. The summed E-state index contributed by atoms with van der Waals surface area (Å²) in [7, 11) is 3.33. The van der Waals surface area contributed by atoms with Crippen LogP contribution in [0.5, 0.6) is 11.5 Å². The van der Waals surface area contributed by atoms with Gasteiger partial charge in [0, 0.05) is 0 Å². The lowest BCUT2D eigenvalue weighted by atomic mass is 9.90. The van der Waals surface area contributed by atoms with E-state index in [0.717, 1.165) is 22.6 Å². The maximum Gasteiger partial charge on any atom is 0.168 e. The van der Waals surface area contributed by atoms with Gasteiger partial charge in [0.1, 0.15) is 11.5 Å². The molecule has 22 heavy (non-hydrogen) atoms. The third kappa shape index (κ3) is 3.08. The quantitative estimate of drug-likeness (QED) is 0.849. The van der Waals surface area contributed by atoms with Crippen molar-refractivity contribution in [2.24, 2.45) is 0 Å². The molecule has 0 radical (unpaired) electrons. The summed E-state index contributed by atoms with van der Waals surface area (Å²) in [5.41, 5.74) is 2.27. The van der Waals surface area contributed by atoms with Gasteiger partial charge in [0.2, 0.25) is 0 Å². The van der Waals surface area contributed by atoms with E-state index in [4.69, 9.17) is 18.9 Å². The minimum Gasteiger partial charge on any atom is -0.497 e. The Bertz CT molecular complexity index is 538. The van der Waals surface area contributed by atoms with E-state index in [1.54, 1.807) is 14.2 Å². The van der Waals surface area contributed by atoms with E-state index in [1.165, 1.54) is 0 Å². The fourth-order valence-corrected chi connectivity index (χ4v) is 2.70. The van der Waals surface area contributed by atoms with Crippen molar-refractivity contribution in [3.8, 4) is 11.5 Å². The Morgan fingerprint density at radius 2 is 1.18 bits per heavy atom. The monoisotopic (exact) mass is 300 g/mol. The molecule has 2 aromatic rings. The van der Waals surface area contributed by atoms with Crippen LogP contribution in [0.2, 0.25) is 0 Å². The number of benzene rings is 2. The summed E-state index contributed by atoms with van der Waals surface area (Å²) in [4.78, 5) is 0. The zero-order chi connectivity index (χ0) is 15.4. The van der Waals surface area contributed by atoms with Gasteiger partial charge in [0.25, 0.3) is 0 Å². The standard InChI is InChI=1S/C18H20O4/c1-19-15-7-3-13(4-8-15)17(18-21-11-12-22-18)14-5-9-16(20-2)10-6-14/h3-10,17-18H,11-12H2,1-2H3. The van der Waals surface area contributed by atoms with E-state index in [0.29, 0.717) is 13.2 Å². The van der Waals surface area contributed by atoms with Crippen molar-refractivity contribution >= 4 is 0 Å². The van der Waals surface area contributed by atoms with Crippen molar-refractivity contribution in [2.45, 2.75) is 12.2 Å². The molecule has 1 aliphatic rings. The maximum atomic E-state index is 5.75. The Labute approximate surface area is 130 Å². The van der Waals surface area contributed by atoms with Crippen molar-refractivity contribution in [3.63, 3.8) is 0 Å². The highest BCUT2D eigenvalue weighted by atomic mass is 16.7. The van der Waals surface area contributed by atoms with Crippen LogP contribution in [0.4, 0.5) is 0 Å². The van der Waals surface area contributed by atoms with Gasteiger partial charge in [0.05, 0.1) is 33.4 Å². The first kappa shape index (κ1) is 14.9. The van der Waals surface area contributed by atoms with Crippen LogP contribution in [0.1, 0.15) is 17.0 Å². The fraction of sp³-hybridized carbons (Fsp3) is 0.333. The number of rotatable bonds is 5. The summed E-state index contributed by atoms with van der Waals surface area (Å²) in [5.74, 6) is 1.70. The molecular formula is C18H20O4. The Kier molecular flexibility index (Phi) is 4.61. The molecule has 4 nitrogen and oxygen atoms in total. The van der Waals surface area contributed by atoms with Crippen LogP contribution < -0.4 is 9.47 Å². The van der Waals surface area contributed by atoms with Gasteiger partial charge in [-0.05, 0) is 35.4 Å². The molecule has 3 rings (SSSR count). The number of hydrogen-bond acceptors (Lipinski definition) is 4. The van der Waals surface area contributed by atoms with Gasteiger partial charge in [-0.2, -0.15) is 0 Å². The molecule has 0 amide bonds. The molecular weight excluding hydrogens is 280 g/mol. The van der Waals surface area contributed by atoms with Crippen LogP contribution in [0.25, 0.3) is 0 Å². The van der Waals surface area contributed by atoms with E-state index < -0.39 is 0 Å². The largest absolute Gasteiger partial charge is 0.497 e. The van der Waals surface area contributed by atoms with Gasteiger partial charge in [-0.15, -0.1) is 0 Å². The topological polar surface area (TPSA) is 36.9 Å². The van der Waals surface area contributed by atoms with E-state index in [2.05, 4.69) is 24.3 Å². The van der Waals surface area contributed by atoms with Crippen LogP contribution in [0.15, 0.2) is 48.5 Å². The predicted molar refractivity (Wildman–Crippen MR) is 83.5 cm³/mol. The van der Waals surface area contributed by atoms with Gasteiger partial charge < -0.3 is 18.9 Å². The second kappa shape index (κ2) is 6.81. The summed E-state index contributed by atoms with van der Waals surface area (Å²) in [6.45, 7) is 1.26. The molecule has 2 aromatic carbocycles. The van der Waals surface area contributed by atoms with Crippen LogP contribution in [0.3, 0.4) is 0 Å². The molecule has 1 saturated heterocycles. The molecule has 0 N–H and O–H groups in total. The van der Waals surface area contributed by atoms with E-state index in [1.807, 2.05) is 24.3 Å². The predicted octanol–water partition coefficient (Wildman–Crippen LogP) is 3.21.